The van der Waals surface area contributed by atoms with Gasteiger partial charge in [0.05, 0.1) is 6.10 Å². The zero-order valence-electron chi connectivity index (χ0n) is 9.73. The van der Waals surface area contributed by atoms with Gasteiger partial charge in [-0.05, 0) is 43.9 Å². The van der Waals surface area contributed by atoms with Gasteiger partial charge in [0.2, 0.25) is 0 Å². The first kappa shape index (κ1) is 12.1. The maximum Gasteiger partial charge on any atom is 0.119 e. The second-order valence-electron chi connectivity index (χ2n) is 4.31. The fourth-order valence-corrected chi connectivity index (χ4v) is 1.48. The molecule has 0 amide bonds. The quantitative estimate of drug-likeness (QED) is 0.806. The first-order valence-electron chi connectivity index (χ1n) is 5.48. The summed E-state index contributed by atoms with van der Waals surface area (Å²) in [6.45, 7) is 6.30. The molecule has 0 heterocycles. The monoisotopic (exact) mass is 208 g/mol. The van der Waals surface area contributed by atoms with E-state index in [1.54, 1.807) is 0 Å². The Labute approximate surface area is 91.9 Å². The van der Waals surface area contributed by atoms with Crippen LogP contribution in [0.25, 0.3) is 0 Å². The van der Waals surface area contributed by atoms with E-state index in [1.165, 1.54) is 5.56 Å². The molecular formula is C13H20O2. The normalized spacial score (nSPS) is 12.9. The SMILES string of the molecule is CC(CO)Cc1cccc(OC(C)C)c1. The lowest BCUT2D eigenvalue weighted by atomic mass is 10.0. The number of aliphatic hydroxyl groups is 1. The molecule has 1 N–H and O–H groups in total. The van der Waals surface area contributed by atoms with Crippen molar-refractivity contribution in [3.05, 3.63) is 29.8 Å². The summed E-state index contributed by atoms with van der Waals surface area (Å²) in [5.74, 6) is 1.21. The van der Waals surface area contributed by atoms with Crippen LogP contribution in [0.15, 0.2) is 24.3 Å². The number of benzene rings is 1. The third kappa shape index (κ3) is 4.34. The third-order valence-corrected chi connectivity index (χ3v) is 2.17. The highest BCUT2D eigenvalue weighted by atomic mass is 16.5. The van der Waals surface area contributed by atoms with Crippen molar-refractivity contribution in [2.75, 3.05) is 6.61 Å². The molecule has 0 saturated carbocycles. The van der Waals surface area contributed by atoms with E-state index in [4.69, 9.17) is 9.84 Å². The molecule has 1 atom stereocenters. The predicted molar refractivity (Wildman–Crippen MR) is 62.2 cm³/mol. The summed E-state index contributed by atoms with van der Waals surface area (Å²) < 4.78 is 5.61. The Bertz CT molecular complexity index is 294. The van der Waals surface area contributed by atoms with Gasteiger partial charge in [0.25, 0.3) is 0 Å². The van der Waals surface area contributed by atoms with Gasteiger partial charge in [-0.2, -0.15) is 0 Å². The van der Waals surface area contributed by atoms with Gasteiger partial charge in [-0.15, -0.1) is 0 Å². The fourth-order valence-electron chi connectivity index (χ4n) is 1.48. The molecule has 1 rings (SSSR count). The van der Waals surface area contributed by atoms with E-state index in [-0.39, 0.29) is 12.7 Å². The van der Waals surface area contributed by atoms with Crippen molar-refractivity contribution in [3.8, 4) is 5.75 Å². The van der Waals surface area contributed by atoms with Crippen molar-refractivity contribution >= 4 is 0 Å². The number of ether oxygens (including phenoxy) is 1. The van der Waals surface area contributed by atoms with Crippen molar-refractivity contribution in [2.24, 2.45) is 5.92 Å². The molecule has 0 bridgehead atoms. The average Bonchev–Trinajstić information content (AvgIpc) is 2.17. The Morgan fingerprint density at radius 1 is 1.27 bits per heavy atom. The van der Waals surface area contributed by atoms with Crippen LogP contribution in [0.1, 0.15) is 26.3 Å². The van der Waals surface area contributed by atoms with Gasteiger partial charge in [0, 0.05) is 6.61 Å². The van der Waals surface area contributed by atoms with E-state index in [0.717, 1.165) is 12.2 Å². The van der Waals surface area contributed by atoms with Crippen LogP contribution >= 0.6 is 0 Å². The van der Waals surface area contributed by atoms with Gasteiger partial charge in [0.15, 0.2) is 0 Å². The maximum absolute atomic E-state index is 8.98. The Kier molecular flexibility index (Phi) is 4.63. The van der Waals surface area contributed by atoms with Gasteiger partial charge in [-0.3, -0.25) is 0 Å². The lowest BCUT2D eigenvalue weighted by Gasteiger charge is -2.12. The standard InChI is InChI=1S/C13H20O2/c1-10(2)15-13-6-4-5-12(8-13)7-11(3)9-14/h4-6,8,10-11,14H,7,9H2,1-3H3. The number of aliphatic hydroxyl groups excluding tert-OH is 1. The highest BCUT2D eigenvalue weighted by molar-refractivity contribution is 5.28. The number of hydrogen-bond acceptors (Lipinski definition) is 2. The van der Waals surface area contributed by atoms with Crippen LogP contribution in [0.2, 0.25) is 0 Å². The highest BCUT2D eigenvalue weighted by Gasteiger charge is 2.04. The van der Waals surface area contributed by atoms with Crippen molar-refractivity contribution in [2.45, 2.75) is 33.3 Å². The second kappa shape index (κ2) is 5.76. The molecule has 0 saturated heterocycles. The van der Waals surface area contributed by atoms with Crippen LogP contribution in [-0.4, -0.2) is 17.8 Å². The predicted octanol–water partition coefficient (Wildman–Crippen LogP) is 2.64. The molecular weight excluding hydrogens is 188 g/mol. The minimum Gasteiger partial charge on any atom is -0.491 e. The molecule has 2 nitrogen and oxygen atoms in total. The van der Waals surface area contributed by atoms with Crippen LogP contribution in [-0.2, 0) is 6.42 Å². The van der Waals surface area contributed by atoms with E-state index in [9.17, 15) is 0 Å². The van der Waals surface area contributed by atoms with Crippen LogP contribution in [0, 0.1) is 5.92 Å². The molecule has 1 aromatic rings. The lowest BCUT2D eigenvalue weighted by Crippen LogP contribution is -2.07. The molecule has 2 heteroatoms. The first-order chi connectivity index (χ1) is 7.11. The first-order valence-corrected chi connectivity index (χ1v) is 5.48. The molecule has 0 spiro atoms. The van der Waals surface area contributed by atoms with E-state index in [1.807, 2.05) is 39.0 Å². The Hall–Kier alpha value is -1.02. The Morgan fingerprint density at radius 2 is 2.00 bits per heavy atom. The molecule has 0 aliphatic heterocycles. The van der Waals surface area contributed by atoms with E-state index in [0.29, 0.717) is 5.92 Å². The van der Waals surface area contributed by atoms with Gasteiger partial charge < -0.3 is 9.84 Å². The summed E-state index contributed by atoms with van der Waals surface area (Å²) in [6.07, 6.45) is 1.10. The average molecular weight is 208 g/mol. The zero-order chi connectivity index (χ0) is 11.3. The number of rotatable bonds is 5. The Balaban J connectivity index is 2.65. The van der Waals surface area contributed by atoms with Gasteiger partial charge in [-0.25, -0.2) is 0 Å². The fraction of sp³-hybridized carbons (Fsp3) is 0.538. The van der Waals surface area contributed by atoms with Gasteiger partial charge >= 0.3 is 0 Å². The summed E-state index contributed by atoms with van der Waals surface area (Å²) in [6, 6.07) is 8.08. The number of hydrogen-bond donors (Lipinski definition) is 1. The van der Waals surface area contributed by atoms with Crippen LogP contribution in [0.4, 0.5) is 0 Å². The molecule has 1 unspecified atom stereocenters. The second-order valence-corrected chi connectivity index (χ2v) is 4.31. The van der Waals surface area contributed by atoms with Gasteiger partial charge in [0.1, 0.15) is 5.75 Å². The summed E-state index contributed by atoms with van der Waals surface area (Å²) in [5, 5.41) is 8.98. The van der Waals surface area contributed by atoms with Gasteiger partial charge in [-0.1, -0.05) is 19.1 Å². The van der Waals surface area contributed by atoms with Crippen LogP contribution in [0.5, 0.6) is 5.75 Å². The Morgan fingerprint density at radius 3 is 2.60 bits per heavy atom. The third-order valence-electron chi connectivity index (χ3n) is 2.17. The van der Waals surface area contributed by atoms with E-state index >= 15 is 0 Å². The van der Waals surface area contributed by atoms with E-state index < -0.39 is 0 Å². The topological polar surface area (TPSA) is 29.5 Å². The highest BCUT2D eigenvalue weighted by Crippen LogP contribution is 2.17. The molecule has 15 heavy (non-hydrogen) atoms. The molecule has 1 aromatic carbocycles. The summed E-state index contributed by atoms with van der Waals surface area (Å²) >= 11 is 0. The molecule has 0 aliphatic carbocycles. The minimum atomic E-state index is 0.204. The molecule has 0 radical (unpaired) electrons. The van der Waals surface area contributed by atoms with Crippen molar-refractivity contribution in [1.82, 2.24) is 0 Å². The molecule has 0 aliphatic rings. The van der Waals surface area contributed by atoms with Crippen molar-refractivity contribution in [3.63, 3.8) is 0 Å². The summed E-state index contributed by atoms with van der Waals surface area (Å²) in [5.41, 5.74) is 1.22. The largest absolute Gasteiger partial charge is 0.491 e. The molecule has 0 fully saturated rings. The van der Waals surface area contributed by atoms with E-state index in [2.05, 4.69) is 6.07 Å². The van der Waals surface area contributed by atoms with Crippen molar-refractivity contribution in [1.29, 1.82) is 0 Å². The maximum atomic E-state index is 8.98. The zero-order valence-corrected chi connectivity index (χ0v) is 9.73. The smallest absolute Gasteiger partial charge is 0.119 e. The molecule has 84 valence electrons. The van der Waals surface area contributed by atoms with Crippen molar-refractivity contribution < 1.29 is 9.84 Å². The van der Waals surface area contributed by atoms with Crippen LogP contribution < -0.4 is 4.74 Å². The minimum absolute atomic E-state index is 0.204. The van der Waals surface area contributed by atoms with Crippen LogP contribution in [0.3, 0.4) is 0 Å². The summed E-state index contributed by atoms with van der Waals surface area (Å²) in [7, 11) is 0. The lowest BCUT2D eigenvalue weighted by molar-refractivity contribution is 0.235. The molecule has 0 aromatic heterocycles. The summed E-state index contributed by atoms with van der Waals surface area (Å²) in [4.78, 5) is 0.